The van der Waals surface area contributed by atoms with Crippen molar-refractivity contribution in [2.75, 3.05) is 6.54 Å². The Morgan fingerprint density at radius 3 is 2.74 bits per heavy atom. The normalized spacial score (nSPS) is 9.96. The number of nitrogens with one attached hydrogen (secondary N) is 1. The van der Waals surface area contributed by atoms with Crippen LogP contribution in [-0.4, -0.2) is 23.4 Å². The van der Waals surface area contributed by atoms with E-state index in [-0.39, 0.29) is 19.1 Å². The maximum Gasteiger partial charge on any atom is 0.384 e. The largest absolute Gasteiger partial charge is 0.451 e. The summed E-state index contributed by atoms with van der Waals surface area (Å²) in [5, 5.41) is 3.47. The maximum absolute atomic E-state index is 12.2. The van der Waals surface area contributed by atoms with E-state index in [1.54, 1.807) is 6.07 Å². The van der Waals surface area contributed by atoms with Crippen molar-refractivity contribution in [1.29, 1.82) is 0 Å². The second-order valence-electron chi connectivity index (χ2n) is 5.65. The minimum Gasteiger partial charge on any atom is -0.451 e. The van der Waals surface area contributed by atoms with Crippen molar-refractivity contribution < 1.29 is 14.3 Å². The zero-order chi connectivity index (χ0) is 19.1. The summed E-state index contributed by atoms with van der Waals surface area (Å²) in [6.45, 7) is 0.199. The molecular formula is C21H16N2O3S. The number of esters is 1. The van der Waals surface area contributed by atoms with Gasteiger partial charge in [0.05, 0.1) is 17.6 Å². The fourth-order valence-electron chi connectivity index (χ4n) is 2.34. The van der Waals surface area contributed by atoms with Gasteiger partial charge in [-0.25, -0.2) is 4.79 Å². The van der Waals surface area contributed by atoms with E-state index in [0.717, 1.165) is 21.4 Å². The molecule has 0 saturated heterocycles. The molecule has 3 rings (SSSR count). The maximum atomic E-state index is 12.2. The van der Waals surface area contributed by atoms with E-state index < -0.39 is 5.97 Å². The van der Waals surface area contributed by atoms with Crippen LogP contribution in [0.4, 0.5) is 0 Å². The Labute approximate surface area is 162 Å². The highest BCUT2D eigenvalue weighted by Crippen LogP contribution is 2.17. The summed E-state index contributed by atoms with van der Waals surface area (Å²) in [6, 6.07) is 16.6. The van der Waals surface area contributed by atoms with Crippen molar-refractivity contribution in [3.8, 4) is 11.8 Å². The highest BCUT2D eigenvalue weighted by atomic mass is 32.1. The summed E-state index contributed by atoms with van der Waals surface area (Å²) in [5.41, 5.74) is 2.07. The number of hydrogen-bond donors (Lipinski definition) is 2. The Balaban J connectivity index is 1.50. The first-order chi connectivity index (χ1) is 13.1. The van der Waals surface area contributed by atoms with E-state index in [9.17, 15) is 9.59 Å². The topological polar surface area (TPSA) is 68.3 Å². The predicted molar refractivity (Wildman–Crippen MR) is 105 cm³/mol. The summed E-state index contributed by atoms with van der Waals surface area (Å²) in [6.07, 6.45) is 1.49. The van der Waals surface area contributed by atoms with E-state index in [4.69, 9.17) is 4.74 Å². The van der Waals surface area contributed by atoms with Crippen LogP contribution in [0.1, 0.15) is 15.9 Å². The van der Waals surface area contributed by atoms with Crippen LogP contribution in [0.2, 0.25) is 0 Å². The molecule has 1 aromatic heterocycles. The van der Waals surface area contributed by atoms with Crippen molar-refractivity contribution >= 4 is 35.4 Å². The molecule has 3 aromatic rings. The standard InChI is InChI=1S/C21H16N2O3S/c24-20(26-14-15-5-2-1-3-6-15)7-4-10-22-21(25)17-11-16-8-9-18(27)12-19(16)23-13-17/h1-3,5-6,8-9,11-13,27H,10,14H2,(H,22,25). The number of carbonyl (C=O) groups is 2. The molecule has 2 aromatic carbocycles. The van der Waals surface area contributed by atoms with Crippen LogP contribution in [0, 0.1) is 11.8 Å². The molecule has 134 valence electrons. The van der Waals surface area contributed by atoms with E-state index in [1.807, 2.05) is 48.5 Å². The number of pyridine rings is 1. The van der Waals surface area contributed by atoms with Gasteiger partial charge in [-0.3, -0.25) is 9.78 Å². The number of carbonyl (C=O) groups excluding carboxylic acids is 2. The lowest BCUT2D eigenvalue weighted by Crippen LogP contribution is -2.23. The zero-order valence-electron chi connectivity index (χ0n) is 14.3. The monoisotopic (exact) mass is 376 g/mol. The SMILES string of the molecule is O=C(C#CCNC(=O)c1cnc2cc(S)ccc2c1)OCc1ccccc1. The molecule has 1 heterocycles. The molecule has 5 nitrogen and oxygen atoms in total. The molecule has 1 amide bonds. The van der Waals surface area contributed by atoms with Gasteiger partial charge < -0.3 is 10.1 Å². The van der Waals surface area contributed by atoms with Crippen molar-refractivity contribution in [2.45, 2.75) is 11.5 Å². The molecule has 0 spiro atoms. The van der Waals surface area contributed by atoms with E-state index in [1.165, 1.54) is 6.20 Å². The van der Waals surface area contributed by atoms with E-state index in [2.05, 4.69) is 34.8 Å². The average molecular weight is 376 g/mol. The highest BCUT2D eigenvalue weighted by Gasteiger charge is 2.06. The highest BCUT2D eigenvalue weighted by molar-refractivity contribution is 7.80. The molecule has 6 heteroatoms. The molecule has 0 bridgehead atoms. The quantitative estimate of drug-likeness (QED) is 0.318. The first kappa shape index (κ1) is 18.5. The zero-order valence-corrected chi connectivity index (χ0v) is 15.2. The van der Waals surface area contributed by atoms with Gasteiger partial charge in [-0.15, -0.1) is 12.6 Å². The van der Waals surface area contributed by atoms with Gasteiger partial charge in [0, 0.05) is 22.4 Å². The van der Waals surface area contributed by atoms with Crippen LogP contribution < -0.4 is 5.32 Å². The third kappa shape index (κ3) is 5.33. The van der Waals surface area contributed by atoms with Gasteiger partial charge >= 0.3 is 5.97 Å². The van der Waals surface area contributed by atoms with Crippen molar-refractivity contribution in [3.63, 3.8) is 0 Å². The Kier molecular flexibility index (Phi) is 6.08. The predicted octanol–water partition coefficient (Wildman–Crippen LogP) is 3.00. The third-order valence-corrected chi connectivity index (χ3v) is 3.95. The van der Waals surface area contributed by atoms with E-state index >= 15 is 0 Å². The van der Waals surface area contributed by atoms with E-state index in [0.29, 0.717) is 5.56 Å². The van der Waals surface area contributed by atoms with Gasteiger partial charge in [0.2, 0.25) is 0 Å². The van der Waals surface area contributed by atoms with Gasteiger partial charge in [0.15, 0.2) is 0 Å². The summed E-state index contributed by atoms with van der Waals surface area (Å²) in [7, 11) is 0. The number of nitrogens with zero attached hydrogens (tertiary/aromatic N) is 1. The second-order valence-corrected chi connectivity index (χ2v) is 6.16. The van der Waals surface area contributed by atoms with Crippen LogP contribution in [0.5, 0.6) is 0 Å². The number of amides is 1. The van der Waals surface area contributed by atoms with Gasteiger partial charge in [-0.1, -0.05) is 42.3 Å². The lowest BCUT2D eigenvalue weighted by molar-refractivity contribution is -0.137. The molecule has 0 saturated carbocycles. The fraction of sp³-hybridized carbons (Fsp3) is 0.0952. The smallest absolute Gasteiger partial charge is 0.384 e. The van der Waals surface area contributed by atoms with Crippen molar-refractivity contribution in [1.82, 2.24) is 10.3 Å². The third-order valence-electron chi connectivity index (χ3n) is 3.67. The summed E-state index contributed by atoms with van der Waals surface area (Å²) >= 11 is 4.26. The summed E-state index contributed by atoms with van der Waals surface area (Å²) in [4.78, 5) is 28.8. The Morgan fingerprint density at radius 1 is 1.11 bits per heavy atom. The Bertz CT molecular complexity index is 1040. The Morgan fingerprint density at radius 2 is 1.93 bits per heavy atom. The number of aromatic nitrogens is 1. The number of thiol groups is 1. The molecule has 0 unspecified atom stereocenters. The molecule has 0 aliphatic heterocycles. The van der Waals surface area contributed by atoms with Crippen molar-refractivity contribution in [2.24, 2.45) is 0 Å². The molecule has 27 heavy (non-hydrogen) atoms. The molecule has 0 atom stereocenters. The van der Waals surface area contributed by atoms with Crippen molar-refractivity contribution in [3.05, 3.63) is 71.9 Å². The first-order valence-corrected chi connectivity index (χ1v) is 8.63. The van der Waals surface area contributed by atoms with Gasteiger partial charge in [-0.2, -0.15) is 0 Å². The summed E-state index contributed by atoms with van der Waals surface area (Å²) < 4.78 is 5.04. The fourth-order valence-corrected chi connectivity index (χ4v) is 2.53. The Hall–Kier alpha value is -3.30. The average Bonchev–Trinajstić information content (AvgIpc) is 2.70. The minimum atomic E-state index is -0.636. The van der Waals surface area contributed by atoms with Crippen LogP contribution in [0.15, 0.2) is 65.7 Å². The molecule has 0 radical (unpaired) electrons. The van der Waals surface area contributed by atoms with Gasteiger partial charge in [-0.05, 0) is 23.8 Å². The number of fused-ring (bicyclic) bond motifs is 1. The summed E-state index contributed by atoms with van der Waals surface area (Å²) in [5.74, 6) is 3.98. The number of hydrogen-bond acceptors (Lipinski definition) is 5. The number of rotatable bonds is 4. The molecule has 0 aliphatic rings. The van der Waals surface area contributed by atoms with Gasteiger partial charge in [0.1, 0.15) is 6.61 Å². The first-order valence-electron chi connectivity index (χ1n) is 8.18. The minimum absolute atomic E-state index is 0.0346. The van der Waals surface area contributed by atoms with Crippen LogP contribution in [0.3, 0.4) is 0 Å². The van der Waals surface area contributed by atoms with Crippen LogP contribution in [-0.2, 0) is 16.1 Å². The number of benzene rings is 2. The molecule has 0 fully saturated rings. The lowest BCUT2D eigenvalue weighted by Gasteiger charge is -2.03. The van der Waals surface area contributed by atoms with Crippen LogP contribution in [0.25, 0.3) is 10.9 Å². The second kappa shape index (κ2) is 8.88. The number of ether oxygens (including phenoxy) is 1. The molecular weight excluding hydrogens is 360 g/mol. The van der Waals surface area contributed by atoms with Gasteiger partial charge in [0.25, 0.3) is 5.91 Å². The van der Waals surface area contributed by atoms with Crippen LogP contribution >= 0.6 is 12.6 Å². The molecule has 1 N–H and O–H groups in total. The molecule has 0 aliphatic carbocycles. The lowest BCUT2D eigenvalue weighted by atomic mass is 10.1.